The molecule has 2 unspecified atom stereocenters. The summed E-state index contributed by atoms with van der Waals surface area (Å²) in [6.07, 6.45) is -11.0. The molecule has 0 aliphatic rings. The second-order valence-electron chi connectivity index (χ2n) is 12.0. The lowest BCUT2D eigenvalue weighted by atomic mass is 10.1. The van der Waals surface area contributed by atoms with Crippen molar-refractivity contribution < 1.29 is 65.1 Å². The van der Waals surface area contributed by atoms with E-state index in [9.17, 15) is 35.9 Å². The van der Waals surface area contributed by atoms with Gasteiger partial charge in [-0.05, 0) is 120 Å². The lowest BCUT2D eigenvalue weighted by Gasteiger charge is -2.13. The van der Waals surface area contributed by atoms with Crippen molar-refractivity contribution in [2.24, 2.45) is 0 Å². The average molecular weight is 822 g/mol. The summed E-state index contributed by atoms with van der Waals surface area (Å²) in [4.78, 5) is 21.8. The Bertz CT molecular complexity index is 2230. The average Bonchev–Trinajstić information content (AvgIpc) is 3.12. The summed E-state index contributed by atoms with van der Waals surface area (Å²) in [6, 6.07) is 25.9. The van der Waals surface area contributed by atoms with E-state index >= 15 is 0 Å². The third-order valence-electron chi connectivity index (χ3n) is 7.86. The SMILES string of the molecule is CC(Oc1ccc2ccc(Oc3ccc(C(F)(F)F)cc3Cl)cc2c1)C(=O)O.CC(Oc1ccc2ccc(Oc3ccc(C(F)(F)F)cc3Cl)cc2c1)C(=O)O. The van der Waals surface area contributed by atoms with E-state index in [1.54, 1.807) is 72.8 Å². The van der Waals surface area contributed by atoms with Gasteiger partial charge in [0, 0.05) is 0 Å². The zero-order valence-electron chi connectivity index (χ0n) is 28.9. The molecule has 0 saturated carbocycles. The smallest absolute Gasteiger partial charge is 0.416 e. The molecule has 6 aromatic carbocycles. The summed E-state index contributed by atoms with van der Waals surface area (Å²) in [6.45, 7) is 2.83. The Morgan fingerprint density at radius 2 is 0.821 bits per heavy atom. The van der Waals surface area contributed by atoms with Crippen molar-refractivity contribution in [1.29, 1.82) is 0 Å². The van der Waals surface area contributed by atoms with E-state index in [-0.39, 0.29) is 21.5 Å². The van der Waals surface area contributed by atoms with Crippen LogP contribution in [-0.2, 0) is 21.9 Å². The Balaban J connectivity index is 0.000000214. The van der Waals surface area contributed by atoms with Crippen molar-refractivity contribution in [1.82, 2.24) is 0 Å². The first-order valence-corrected chi connectivity index (χ1v) is 17.0. The van der Waals surface area contributed by atoms with Gasteiger partial charge in [-0.1, -0.05) is 47.5 Å². The second kappa shape index (κ2) is 16.9. The van der Waals surface area contributed by atoms with Crippen molar-refractivity contribution in [2.45, 2.75) is 38.4 Å². The van der Waals surface area contributed by atoms with Gasteiger partial charge in [-0.2, -0.15) is 26.3 Å². The van der Waals surface area contributed by atoms with Gasteiger partial charge in [-0.3, -0.25) is 0 Å². The van der Waals surface area contributed by atoms with E-state index in [1.807, 2.05) is 0 Å². The molecule has 56 heavy (non-hydrogen) atoms. The molecule has 2 N–H and O–H groups in total. The fourth-order valence-electron chi connectivity index (χ4n) is 4.96. The Morgan fingerprint density at radius 3 is 1.12 bits per heavy atom. The van der Waals surface area contributed by atoms with Gasteiger partial charge >= 0.3 is 24.3 Å². The van der Waals surface area contributed by atoms with Crippen molar-refractivity contribution in [2.75, 3.05) is 0 Å². The molecule has 292 valence electrons. The van der Waals surface area contributed by atoms with Crippen LogP contribution in [0.4, 0.5) is 26.3 Å². The molecule has 0 radical (unpaired) electrons. The molecular weight excluding hydrogens is 793 g/mol. The summed E-state index contributed by atoms with van der Waals surface area (Å²) < 4.78 is 98.3. The van der Waals surface area contributed by atoms with E-state index in [0.29, 0.717) is 33.8 Å². The highest BCUT2D eigenvalue weighted by molar-refractivity contribution is 6.32. The minimum Gasteiger partial charge on any atom is -0.479 e. The largest absolute Gasteiger partial charge is 0.479 e. The summed E-state index contributed by atoms with van der Waals surface area (Å²) in [5.74, 6) is -0.556. The van der Waals surface area contributed by atoms with Crippen LogP contribution in [0, 0.1) is 0 Å². The van der Waals surface area contributed by atoms with Crippen LogP contribution < -0.4 is 18.9 Å². The maximum Gasteiger partial charge on any atom is 0.416 e. The quantitative estimate of drug-likeness (QED) is 0.131. The van der Waals surface area contributed by atoms with Crippen LogP contribution in [0.25, 0.3) is 21.5 Å². The van der Waals surface area contributed by atoms with Gasteiger partial charge in [0.2, 0.25) is 0 Å². The second-order valence-corrected chi connectivity index (χ2v) is 12.8. The molecule has 0 saturated heterocycles. The van der Waals surface area contributed by atoms with Crippen LogP contribution in [0.15, 0.2) is 109 Å². The summed E-state index contributed by atoms with van der Waals surface area (Å²) in [7, 11) is 0. The first-order chi connectivity index (χ1) is 26.3. The molecule has 0 spiro atoms. The van der Waals surface area contributed by atoms with Gasteiger partial charge in [-0.25, -0.2) is 9.59 Å². The van der Waals surface area contributed by atoms with E-state index in [1.165, 1.54) is 13.8 Å². The van der Waals surface area contributed by atoms with Gasteiger partial charge in [0.25, 0.3) is 0 Å². The number of aliphatic carboxylic acids is 2. The van der Waals surface area contributed by atoms with Crippen molar-refractivity contribution in [3.63, 3.8) is 0 Å². The highest BCUT2D eigenvalue weighted by Gasteiger charge is 2.32. The van der Waals surface area contributed by atoms with Gasteiger partial charge in [-0.15, -0.1) is 0 Å². The van der Waals surface area contributed by atoms with Crippen LogP contribution in [0.5, 0.6) is 34.5 Å². The molecular formula is C40H28Cl2F6O8. The minimum atomic E-state index is -4.49. The molecule has 2 atom stereocenters. The number of carbonyl (C=O) groups is 2. The van der Waals surface area contributed by atoms with Crippen molar-refractivity contribution in [3.8, 4) is 34.5 Å². The minimum absolute atomic E-state index is 0.0842. The molecule has 0 aliphatic carbocycles. The zero-order valence-corrected chi connectivity index (χ0v) is 30.4. The molecule has 0 bridgehead atoms. The van der Waals surface area contributed by atoms with Crippen LogP contribution >= 0.6 is 23.2 Å². The number of hydrogen-bond donors (Lipinski definition) is 2. The topological polar surface area (TPSA) is 112 Å². The fraction of sp³-hybridized carbons (Fsp3) is 0.150. The predicted octanol–water partition coefficient (Wildman–Crippen LogP) is 12.3. The molecule has 8 nitrogen and oxygen atoms in total. The summed E-state index contributed by atoms with van der Waals surface area (Å²) in [5, 5.41) is 20.6. The third-order valence-corrected chi connectivity index (χ3v) is 8.45. The normalized spacial score (nSPS) is 12.6. The van der Waals surface area contributed by atoms with E-state index in [4.69, 9.17) is 52.4 Å². The summed E-state index contributed by atoms with van der Waals surface area (Å²) in [5.41, 5.74) is -1.73. The van der Waals surface area contributed by atoms with Crippen molar-refractivity contribution >= 4 is 56.7 Å². The Hall–Kier alpha value is -5.86. The summed E-state index contributed by atoms with van der Waals surface area (Å²) >= 11 is 11.8. The number of fused-ring (bicyclic) bond motifs is 2. The van der Waals surface area contributed by atoms with Gasteiger partial charge in [0.15, 0.2) is 12.2 Å². The maximum absolute atomic E-state index is 12.7. The highest BCUT2D eigenvalue weighted by atomic mass is 35.5. The molecule has 0 fully saturated rings. The van der Waals surface area contributed by atoms with Crippen LogP contribution in [-0.4, -0.2) is 34.4 Å². The number of ether oxygens (including phenoxy) is 4. The molecule has 6 rings (SSSR count). The van der Waals surface area contributed by atoms with Crippen LogP contribution in [0.1, 0.15) is 25.0 Å². The monoisotopic (exact) mass is 820 g/mol. The molecule has 0 heterocycles. The van der Waals surface area contributed by atoms with Gasteiger partial charge in [0.1, 0.15) is 34.5 Å². The first kappa shape index (κ1) is 41.3. The van der Waals surface area contributed by atoms with E-state index < -0.39 is 47.6 Å². The number of benzene rings is 6. The maximum atomic E-state index is 12.7. The zero-order chi connectivity index (χ0) is 40.9. The Labute approximate surface area is 324 Å². The van der Waals surface area contributed by atoms with Gasteiger partial charge in [0.05, 0.1) is 21.2 Å². The Morgan fingerprint density at radius 1 is 0.500 bits per heavy atom. The number of alkyl halides is 6. The molecule has 6 aromatic rings. The highest BCUT2D eigenvalue weighted by Crippen LogP contribution is 2.39. The van der Waals surface area contributed by atoms with E-state index in [0.717, 1.165) is 47.2 Å². The first-order valence-electron chi connectivity index (χ1n) is 16.2. The fourth-order valence-corrected chi connectivity index (χ4v) is 5.40. The van der Waals surface area contributed by atoms with E-state index in [2.05, 4.69) is 0 Å². The number of rotatable bonds is 10. The molecule has 0 aliphatic heterocycles. The number of carboxylic acids is 2. The number of halogens is 8. The third kappa shape index (κ3) is 10.7. The lowest BCUT2D eigenvalue weighted by Crippen LogP contribution is -2.22. The van der Waals surface area contributed by atoms with Gasteiger partial charge < -0.3 is 29.2 Å². The predicted molar refractivity (Wildman–Crippen MR) is 196 cm³/mol. The van der Waals surface area contributed by atoms with Crippen LogP contribution in [0.3, 0.4) is 0 Å². The number of carboxylic acid groups (broad SMARTS) is 2. The molecule has 0 amide bonds. The number of hydrogen-bond acceptors (Lipinski definition) is 6. The molecule has 16 heteroatoms. The lowest BCUT2D eigenvalue weighted by molar-refractivity contribution is -0.145. The standard InChI is InChI=1S/2C20H14ClF3O4/c2*1-11(19(25)26)27-15-5-2-12-3-6-16(9-13(12)8-15)28-18-7-4-14(10-17(18)21)20(22,23)24/h2*2-11H,1H3,(H,25,26). The van der Waals surface area contributed by atoms with Crippen LogP contribution in [0.2, 0.25) is 10.0 Å². The van der Waals surface area contributed by atoms with Crippen molar-refractivity contribution in [3.05, 3.63) is 130 Å². The Kier molecular flexibility index (Phi) is 12.4. The molecule has 0 aromatic heterocycles.